The molecule has 1 amide bonds. The summed E-state index contributed by atoms with van der Waals surface area (Å²) in [7, 11) is -2.70. The van der Waals surface area contributed by atoms with Gasteiger partial charge in [-0.15, -0.1) is 0 Å². The van der Waals surface area contributed by atoms with Crippen LogP contribution in [-0.4, -0.2) is 11.6 Å². The van der Waals surface area contributed by atoms with Crippen LogP contribution < -0.4 is 21.2 Å². The summed E-state index contributed by atoms with van der Waals surface area (Å²) in [4.78, 5) is 14.0. The Morgan fingerprint density at radius 1 is 0.667 bits per heavy atom. The van der Waals surface area contributed by atoms with Gasteiger partial charge in [-0.25, -0.2) is 0 Å². The van der Waals surface area contributed by atoms with Gasteiger partial charge in [-0.05, 0) is 0 Å². The van der Waals surface area contributed by atoms with E-state index in [0.29, 0.717) is 0 Å². The van der Waals surface area contributed by atoms with E-state index in [1.807, 2.05) is 18.2 Å². The third-order valence-corrected chi connectivity index (χ3v) is 11.9. The first-order chi connectivity index (χ1) is 15.9. The minimum atomic E-state index is -2.70. The molecule has 0 fully saturated rings. The third kappa shape index (κ3) is 4.36. The van der Waals surface area contributed by atoms with Crippen LogP contribution in [0.2, 0.25) is 0 Å². The molecular weight excluding hydrogens is 421 g/mol. The summed E-state index contributed by atoms with van der Waals surface area (Å²) in [6.07, 6.45) is 0. The van der Waals surface area contributed by atoms with Gasteiger partial charge in [0.1, 0.15) is 0 Å². The number of rotatable bonds is 6. The number of benzene rings is 4. The summed E-state index contributed by atoms with van der Waals surface area (Å²) in [5.74, 6) is 0.0632. The Bertz CT molecular complexity index is 1120. The first-order valence-corrected chi connectivity index (χ1v) is 13.6. The zero-order valence-electron chi connectivity index (χ0n) is 19.8. The number of anilines is 1. The van der Waals surface area contributed by atoms with E-state index in [1.165, 1.54) is 21.5 Å². The van der Waals surface area contributed by atoms with Gasteiger partial charge in [0.2, 0.25) is 0 Å². The molecule has 33 heavy (non-hydrogen) atoms. The van der Waals surface area contributed by atoms with E-state index in [2.05, 4.69) is 118 Å². The molecular formula is C30H32NOP. The molecule has 0 aromatic heterocycles. The van der Waals surface area contributed by atoms with Gasteiger partial charge in [-0.3, -0.25) is 0 Å². The fourth-order valence-electron chi connectivity index (χ4n) is 5.16. The van der Waals surface area contributed by atoms with E-state index in [1.54, 1.807) is 0 Å². The number of hydrogen-bond donors (Lipinski definition) is 1. The molecule has 4 aromatic rings. The zero-order chi connectivity index (χ0) is 23.4. The van der Waals surface area contributed by atoms with Crippen LogP contribution >= 0.6 is 7.26 Å². The van der Waals surface area contributed by atoms with Crippen molar-refractivity contribution in [2.75, 3.05) is 5.32 Å². The normalized spacial score (nSPS) is 12.7. The molecule has 1 N–H and O–H groups in total. The predicted octanol–water partition coefficient (Wildman–Crippen LogP) is 5.67. The van der Waals surface area contributed by atoms with Gasteiger partial charge in [0.05, 0.1) is 0 Å². The average molecular weight is 454 g/mol. The van der Waals surface area contributed by atoms with Gasteiger partial charge >= 0.3 is 198 Å². The van der Waals surface area contributed by atoms with Crippen molar-refractivity contribution >= 4 is 34.8 Å². The summed E-state index contributed by atoms with van der Waals surface area (Å²) >= 11 is 0. The van der Waals surface area contributed by atoms with Crippen molar-refractivity contribution < 1.29 is 4.79 Å². The second-order valence-corrected chi connectivity index (χ2v) is 13.1. The monoisotopic (exact) mass is 453 g/mol. The van der Waals surface area contributed by atoms with Crippen molar-refractivity contribution in [3.63, 3.8) is 0 Å². The molecule has 4 aromatic carbocycles. The standard InChI is InChI=1S/C30H32NOP/c1-22-20-23(2)29(24(3)21-22)31-30(32)25(4)33(26-14-8-5-9-15-26,27-16-10-6-11-17-27)28-18-12-7-13-19-28/h5-21,25,33H,1-4H3,(H,31,32). The number of nitrogens with one attached hydrogen (secondary N) is 1. The third-order valence-electron chi connectivity index (χ3n) is 6.66. The summed E-state index contributed by atoms with van der Waals surface area (Å²) < 4.78 is 0. The zero-order valence-corrected chi connectivity index (χ0v) is 20.8. The predicted molar refractivity (Wildman–Crippen MR) is 145 cm³/mol. The van der Waals surface area contributed by atoms with Gasteiger partial charge in [-0.1, -0.05) is 0 Å². The second-order valence-electron chi connectivity index (χ2n) is 8.89. The quantitative estimate of drug-likeness (QED) is 0.375. The molecule has 0 bridgehead atoms. The fourth-order valence-corrected chi connectivity index (χ4v) is 10.3. The summed E-state index contributed by atoms with van der Waals surface area (Å²) in [6.45, 7) is 8.33. The Labute approximate surface area is 198 Å². The number of aryl methyl sites for hydroxylation is 3. The Balaban J connectivity index is 1.91. The number of hydrogen-bond acceptors (Lipinski definition) is 1. The molecule has 0 aliphatic heterocycles. The first kappa shape index (κ1) is 23.0. The van der Waals surface area contributed by atoms with Gasteiger partial charge in [0.25, 0.3) is 0 Å². The summed E-state index contributed by atoms with van der Waals surface area (Å²) in [5, 5.41) is 7.03. The van der Waals surface area contributed by atoms with Crippen LogP contribution in [-0.2, 0) is 4.79 Å². The van der Waals surface area contributed by atoms with Crippen molar-refractivity contribution in [3.05, 3.63) is 120 Å². The van der Waals surface area contributed by atoms with Gasteiger partial charge < -0.3 is 0 Å². The average Bonchev–Trinajstić information content (AvgIpc) is 2.84. The van der Waals surface area contributed by atoms with E-state index >= 15 is 0 Å². The molecule has 1 unspecified atom stereocenters. The van der Waals surface area contributed by atoms with E-state index in [-0.39, 0.29) is 11.6 Å². The van der Waals surface area contributed by atoms with Crippen LogP contribution in [0.1, 0.15) is 23.6 Å². The first-order valence-electron chi connectivity index (χ1n) is 11.5. The molecule has 3 heteroatoms. The second kappa shape index (κ2) is 9.73. The Kier molecular flexibility index (Phi) is 6.77. The van der Waals surface area contributed by atoms with Gasteiger partial charge in [0, 0.05) is 0 Å². The van der Waals surface area contributed by atoms with Crippen molar-refractivity contribution in [3.8, 4) is 0 Å². The van der Waals surface area contributed by atoms with E-state index in [9.17, 15) is 4.79 Å². The number of amides is 1. The van der Waals surface area contributed by atoms with Crippen LogP contribution in [0.3, 0.4) is 0 Å². The Hall–Kier alpha value is -3.22. The van der Waals surface area contributed by atoms with Crippen LogP contribution in [0.25, 0.3) is 0 Å². The van der Waals surface area contributed by atoms with E-state index in [4.69, 9.17) is 0 Å². The number of carbonyl (C=O) groups is 1. The van der Waals surface area contributed by atoms with Crippen LogP contribution in [0.5, 0.6) is 0 Å². The maximum atomic E-state index is 14.0. The molecule has 0 heterocycles. The molecule has 2 nitrogen and oxygen atoms in total. The SMILES string of the molecule is Cc1cc(C)c(NC(=O)C(C)[PH](c2ccccc2)(c2ccccc2)c2ccccc2)c(C)c1. The van der Waals surface area contributed by atoms with E-state index < -0.39 is 7.26 Å². The van der Waals surface area contributed by atoms with Crippen molar-refractivity contribution in [1.82, 2.24) is 0 Å². The molecule has 0 saturated heterocycles. The topological polar surface area (TPSA) is 29.1 Å². The van der Waals surface area contributed by atoms with Crippen LogP contribution in [0.15, 0.2) is 103 Å². The Morgan fingerprint density at radius 2 is 1.03 bits per heavy atom. The fraction of sp³-hybridized carbons (Fsp3) is 0.167. The molecule has 0 aliphatic carbocycles. The van der Waals surface area contributed by atoms with Gasteiger partial charge in [-0.2, -0.15) is 0 Å². The molecule has 0 spiro atoms. The van der Waals surface area contributed by atoms with Crippen LogP contribution in [0, 0.1) is 20.8 Å². The van der Waals surface area contributed by atoms with Crippen molar-refractivity contribution in [2.45, 2.75) is 33.4 Å². The summed E-state index contributed by atoms with van der Waals surface area (Å²) in [5.41, 5.74) is 4.09. The molecule has 0 aliphatic rings. The Morgan fingerprint density at radius 3 is 1.39 bits per heavy atom. The summed E-state index contributed by atoms with van der Waals surface area (Å²) in [6, 6.07) is 36.1. The molecule has 1 atom stereocenters. The molecule has 168 valence electrons. The molecule has 0 radical (unpaired) electrons. The van der Waals surface area contributed by atoms with E-state index in [0.717, 1.165) is 16.8 Å². The molecule has 0 saturated carbocycles. The number of carbonyl (C=O) groups excluding carboxylic acids is 1. The van der Waals surface area contributed by atoms with Crippen molar-refractivity contribution in [1.29, 1.82) is 0 Å². The van der Waals surface area contributed by atoms with Gasteiger partial charge in [0.15, 0.2) is 0 Å². The molecule has 4 rings (SSSR count). The maximum absolute atomic E-state index is 14.0. The van der Waals surface area contributed by atoms with Crippen molar-refractivity contribution in [2.24, 2.45) is 0 Å². The van der Waals surface area contributed by atoms with Crippen LogP contribution in [0.4, 0.5) is 5.69 Å². The minimum absolute atomic E-state index is 0.0632.